The summed E-state index contributed by atoms with van der Waals surface area (Å²) in [4.78, 5) is 2.72. The summed E-state index contributed by atoms with van der Waals surface area (Å²) < 4.78 is 0. The van der Waals surface area contributed by atoms with Crippen LogP contribution < -0.4 is 5.32 Å². The van der Waals surface area contributed by atoms with Crippen LogP contribution in [0.2, 0.25) is 0 Å². The van der Waals surface area contributed by atoms with Crippen LogP contribution in [0.5, 0.6) is 0 Å². The molecule has 4 rings (SSSR count). The molecule has 2 heterocycles. The number of nitrogens with zero attached hydrogens (tertiary/aromatic N) is 1. The molecule has 1 aliphatic carbocycles. The zero-order valence-corrected chi connectivity index (χ0v) is 13.6. The van der Waals surface area contributed by atoms with Crippen LogP contribution in [-0.2, 0) is 6.42 Å². The number of aryl methyl sites for hydroxylation is 1. The molecular formula is C18H26N2S. The highest BCUT2D eigenvalue weighted by Gasteiger charge is 2.32. The van der Waals surface area contributed by atoms with E-state index in [9.17, 15) is 0 Å². The molecule has 0 bridgehead atoms. The number of thioether (sulfide) groups is 1. The van der Waals surface area contributed by atoms with Crippen molar-refractivity contribution < 1.29 is 0 Å². The van der Waals surface area contributed by atoms with Crippen LogP contribution in [0, 0.1) is 0 Å². The Morgan fingerprint density at radius 1 is 1.05 bits per heavy atom. The van der Waals surface area contributed by atoms with E-state index >= 15 is 0 Å². The molecule has 1 N–H and O–H groups in total. The molecule has 1 saturated heterocycles. The minimum Gasteiger partial charge on any atom is -0.306 e. The van der Waals surface area contributed by atoms with E-state index in [1.54, 1.807) is 11.1 Å². The lowest BCUT2D eigenvalue weighted by atomic mass is 9.97. The van der Waals surface area contributed by atoms with E-state index in [-0.39, 0.29) is 0 Å². The van der Waals surface area contributed by atoms with Crippen molar-refractivity contribution in [3.63, 3.8) is 0 Å². The third-order valence-corrected chi connectivity index (χ3v) is 6.32. The van der Waals surface area contributed by atoms with Gasteiger partial charge in [0.05, 0.1) is 0 Å². The van der Waals surface area contributed by atoms with Crippen LogP contribution >= 0.6 is 11.8 Å². The molecule has 1 aromatic rings. The number of hydrogen-bond donors (Lipinski definition) is 1. The monoisotopic (exact) mass is 302 g/mol. The molecule has 0 spiro atoms. The highest BCUT2D eigenvalue weighted by molar-refractivity contribution is 7.99. The first-order valence-corrected chi connectivity index (χ1v) is 9.71. The Morgan fingerprint density at radius 3 is 2.67 bits per heavy atom. The molecule has 1 atom stereocenters. The second kappa shape index (κ2) is 6.31. The van der Waals surface area contributed by atoms with Gasteiger partial charge in [0.15, 0.2) is 0 Å². The van der Waals surface area contributed by atoms with Crippen molar-refractivity contribution in [3.8, 4) is 0 Å². The van der Waals surface area contributed by atoms with Gasteiger partial charge in [0.1, 0.15) is 0 Å². The third kappa shape index (κ3) is 3.30. The van der Waals surface area contributed by atoms with Gasteiger partial charge in [-0.3, -0.25) is 0 Å². The molecule has 0 radical (unpaired) electrons. The molecule has 2 nitrogen and oxygen atoms in total. The van der Waals surface area contributed by atoms with E-state index < -0.39 is 0 Å². The molecule has 3 heteroatoms. The molecule has 21 heavy (non-hydrogen) atoms. The first-order chi connectivity index (χ1) is 10.4. The van der Waals surface area contributed by atoms with E-state index in [1.165, 1.54) is 56.7 Å². The number of likely N-dealkylation sites (tertiary alicyclic amines) is 1. The zero-order valence-electron chi connectivity index (χ0n) is 12.8. The molecule has 1 saturated carbocycles. The van der Waals surface area contributed by atoms with Crippen molar-refractivity contribution in [2.45, 2.75) is 50.2 Å². The quantitative estimate of drug-likeness (QED) is 0.923. The normalized spacial score (nSPS) is 28.1. The molecule has 0 aromatic heterocycles. The van der Waals surface area contributed by atoms with Gasteiger partial charge in [-0.05, 0) is 62.1 Å². The summed E-state index contributed by atoms with van der Waals surface area (Å²) in [5, 5.41) is 3.99. The minimum absolute atomic E-state index is 0.561. The number of fused-ring (bicyclic) bond motifs is 1. The fourth-order valence-corrected chi connectivity index (χ4v) is 4.91. The maximum atomic E-state index is 3.99. The van der Waals surface area contributed by atoms with Gasteiger partial charge in [-0.15, -0.1) is 0 Å². The Bertz CT molecular complexity index is 478. The fraction of sp³-hybridized carbons (Fsp3) is 0.667. The number of nitrogens with one attached hydrogen (secondary N) is 1. The Hall–Kier alpha value is -0.510. The Labute approximate surface area is 132 Å². The second-order valence-corrected chi connectivity index (χ2v) is 7.93. The number of piperidine rings is 1. The van der Waals surface area contributed by atoms with Crippen molar-refractivity contribution in [1.29, 1.82) is 0 Å². The van der Waals surface area contributed by atoms with E-state index in [1.807, 2.05) is 0 Å². The van der Waals surface area contributed by atoms with E-state index in [0.29, 0.717) is 6.04 Å². The van der Waals surface area contributed by atoms with Gasteiger partial charge in [0.25, 0.3) is 0 Å². The lowest BCUT2D eigenvalue weighted by Gasteiger charge is -2.34. The van der Waals surface area contributed by atoms with Crippen molar-refractivity contribution in [1.82, 2.24) is 10.2 Å². The number of hydrogen-bond acceptors (Lipinski definition) is 3. The molecule has 0 amide bonds. The summed E-state index contributed by atoms with van der Waals surface area (Å²) in [6.07, 6.45) is 6.80. The molecule has 2 fully saturated rings. The average molecular weight is 302 g/mol. The summed E-state index contributed by atoms with van der Waals surface area (Å²) >= 11 is 2.11. The molecule has 2 aliphatic heterocycles. The molecule has 0 unspecified atom stereocenters. The van der Waals surface area contributed by atoms with E-state index in [0.717, 1.165) is 12.1 Å². The summed E-state index contributed by atoms with van der Waals surface area (Å²) in [6.45, 7) is 2.62. The SMILES string of the molecule is c1ccc2c(c1)CCSC[C@H]2NC1CCN(C2CC2)CC1. The Kier molecular flexibility index (Phi) is 4.24. The lowest BCUT2D eigenvalue weighted by Crippen LogP contribution is -2.44. The first-order valence-electron chi connectivity index (χ1n) is 8.56. The van der Waals surface area contributed by atoms with Crippen LogP contribution in [0.25, 0.3) is 0 Å². The van der Waals surface area contributed by atoms with Crippen LogP contribution in [0.1, 0.15) is 42.9 Å². The zero-order chi connectivity index (χ0) is 14.1. The summed E-state index contributed by atoms with van der Waals surface area (Å²) in [5.74, 6) is 2.51. The summed E-state index contributed by atoms with van der Waals surface area (Å²) in [7, 11) is 0. The minimum atomic E-state index is 0.561. The van der Waals surface area contributed by atoms with Crippen LogP contribution in [-0.4, -0.2) is 41.6 Å². The average Bonchev–Trinajstić information content (AvgIpc) is 3.36. The summed E-state index contributed by atoms with van der Waals surface area (Å²) in [5.41, 5.74) is 3.13. The van der Waals surface area contributed by atoms with Crippen molar-refractivity contribution >= 4 is 11.8 Å². The maximum absolute atomic E-state index is 3.99. The maximum Gasteiger partial charge on any atom is 0.0416 e. The Balaban J connectivity index is 1.40. The number of benzene rings is 1. The largest absolute Gasteiger partial charge is 0.306 e. The van der Waals surface area contributed by atoms with Crippen molar-refractivity contribution in [2.24, 2.45) is 0 Å². The lowest BCUT2D eigenvalue weighted by molar-refractivity contribution is 0.184. The van der Waals surface area contributed by atoms with Crippen LogP contribution in [0.4, 0.5) is 0 Å². The molecule has 3 aliphatic rings. The van der Waals surface area contributed by atoms with Crippen molar-refractivity contribution in [2.75, 3.05) is 24.6 Å². The van der Waals surface area contributed by atoms with Gasteiger partial charge < -0.3 is 10.2 Å². The molecular weight excluding hydrogens is 276 g/mol. The molecule has 114 valence electrons. The van der Waals surface area contributed by atoms with Gasteiger partial charge in [0.2, 0.25) is 0 Å². The Morgan fingerprint density at radius 2 is 1.86 bits per heavy atom. The highest BCUT2D eigenvalue weighted by atomic mass is 32.2. The second-order valence-electron chi connectivity index (χ2n) is 6.78. The van der Waals surface area contributed by atoms with Crippen molar-refractivity contribution in [3.05, 3.63) is 35.4 Å². The van der Waals surface area contributed by atoms with Crippen LogP contribution in [0.15, 0.2) is 24.3 Å². The first kappa shape index (κ1) is 14.1. The summed E-state index contributed by atoms with van der Waals surface area (Å²) in [6, 6.07) is 11.3. The standard InChI is InChI=1S/C18H26N2S/c1-2-4-17-14(3-1)9-12-21-13-18(17)19-15-7-10-20(11-8-15)16-5-6-16/h1-4,15-16,18-19H,5-13H2/t18-/m1/s1. The van der Waals surface area contributed by atoms with Gasteiger partial charge in [-0.1, -0.05) is 24.3 Å². The third-order valence-electron chi connectivity index (χ3n) is 5.26. The van der Waals surface area contributed by atoms with Crippen LogP contribution in [0.3, 0.4) is 0 Å². The topological polar surface area (TPSA) is 15.3 Å². The van der Waals surface area contributed by atoms with Gasteiger partial charge >= 0.3 is 0 Å². The predicted octanol–water partition coefficient (Wildman–Crippen LogP) is 3.23. The van der Waals surface area contributed by atoms with E-state index in [2.05, 4.69) is 46.2 Å². The van der Waals surface area contributed by atoms with Gasteiger partial charge in [-0.2, -0.15) is 11.8 Å². The van der Waals surface area contributed by atoms with E-state index in [4.69, 9.17) is 0 Å². The van der Waals surface area contributed by atoms with Gasteiger partial charge in [-0.25, -0.2) is 0 Å². The number of rotatable bonds is 3. The smallest absolute Gasteiger partial charge is 0.0416 e. The highest BCUT2D eigenvalue weighted by Crippen LogP contribution is 2.31. The molecule has 1 aromatic carbocycles. The fourth-order valence-electron chi connectivity index (χ4n) is 3.87. The van der Waals surface area contributed by atoms with Gasteiger partial charge in [0, 0.05) is 23.9 Å². The predicted molar refractivity (Wildman–Crippen MR) is 91.0 cm³/mol.